The molecule has 3 saturated heterocycles. The van der Waals surface area contributed by atoms with Gasteiger partial charge in [0.15, 0.2) is 6.10 Å². The highest BCUT2D eigenvalue weighted by molar-refractivity contribution is 5.77. The van der Waals surface area contributed by atoms with Crippen molar-refractivity contribution in [2.45, 2.75) is 44.2 Å². The number of ether oxygens (including phenoxy) is 3. The van der Waals surface area contributed by atoms with Gasteiger partial charge in [0.25, 0.3) is 0 Å². The predicted molar refractivity (Wildman–Crippen MR) is 46.7 cm³/mol. The van der Waals surface area contributed by atoms with Crippen LogP contribution < -0.4 is 0 Å². The molecule has 0 aromatic heterocycles. The highest BCUT2D eigenvalue weighted by Crippen LogP contribution is 2.47. The van der Waals surface area contributed by atoms with Crippen molar-refractivity contribution >= 4 is 5.97 Å². The summed E-state index contributed by atoms with van der Waals surface area (Å²) in [4.78, 5) is 11.4. The monoisotopic (exact) mass is 198 g/mol. The van der Waals surface area contributed by atoms with Crippen LogP contribution in [0.15, 0.2) is 0 Å². The fourth-order valence-electron chi connectivity index (χ4n) is 2.70. The van der Waals surface area contributed by atoms with E-state index in [0.717, 1.165) is 19.4 Å². The third-order valence-electron chi connectivity index (χ3n) is 3.30. The molecule has 3 fully saturated rings. The zero-order valence-electron chi connectivity index (χ0n) is 8.14. The molecule has 78 valence electrons. The molecule has 3 aliphatic rings. The smallest absolute Gasteiger partial charge is 0.312 e. The molecule has 0 saturated carbocycles. The molecule has 5 unspecified atom stereocenters. The van der Waals surface area contributed by atoms with Crippen molar-refractivity contribution in [3.8, 4) is 0 Å². The third-order valence-corrected chi connectivity index (χ3v) is 3.30. The minimum Gasteiger partial charge on any atom is -0.456 e. The first-order chi connectivity index (χ1) is 6.81. The van der Waals surface area contributed by atoms with E-state index in [1.807, 2.05) is 0 Å². The van der Waals surface area contributed by atoms with E-state index in [1.165, 1.54) is 0 Å². The van der Waals surface area contributed by atoms with Crippen molar-refractivity contribution in [3.05, 3.63) is 0 Å². The summed E-state index contributed by atoms with van der Waals surface area (Å²) >= 11 is 0. The van der Waals surface area contributed by atoms with Crippen molar-refractivity contribution in [2.75, 3.05) is 6.61 Å². The normalized spacial score (nSPS) is 48.6. The second-order valence-electron chi connectivity index (χ2n) is 4.22. The van der Waals surface area contributed by atoms with Gasteiger partial charge in [-0.2, -0.15) is 0 Å². The van der Waals surface area contributed by atoms with E-state index < -0.39 is 0 Å². The standard InChI is InChI=1S/C10H14O4/c1-2-3-12-8-6-4-5-7(13-6)9(8)14-10(5)11/h5-9H,2-4H2,1H3. The van der Waals surface area contributed by atoms with E-state index in [4.69, 9.17) is 14.2 Å². The average molecular weight is 198 g/mol. The molecule has 0 N–H and O–H groups in total. The Kier molecular flexibility index (Phi) is 1.82. The van der Waals surface area contributed by atoms with Gasteiger partial charge in [0.2, 0.25) is 0 Å². The van der Waals surface area contributed by atoms with Gasteiger partial charge in [-0.05, 0) is 12.8 Å². The quantitative estimate of drug-likeness (QED) is 0.619. The highest BCUT2D eigenvalue weighted by Gasteiger charge is 2.63. The molecule has 4 heteroatoms. The van der Waals surface area contributed by atoms with Crippen LogP contribution in [-0.4, -0.2) is 37.0 Å². The highest BCUT2D eigenvalue weighted by atomic mass is 16.6. The maximum atomic E-state index is 11.4. The number of esters is 1. The molecule has 3 aliphatic heterocycles. The van der Waals surface area contributed by atoms with Crippen LogP contribution in [0.1, 0.15) is 19.8 Å². The van der Waals surface area contributed by atoms with Crippen LogP contribution in [0.2, 0.25) is 0 Å². The lowest BCUT2D eigenvalue weighted by Gasteiger charge is -2.22. The predicted octanol–water partition coefficient (Wildman–Crippen LogP) is 0.494. The van der Waals surface area contributed by atoms with E-state index in [2.05, 4.69) is 6.92 Å². The first-order valence-electron chi connectivity index (χ1n) is 5.29. The second kappa shape index (κ2) is 2.94. The topological polar surface area (TPSA) is 44.8 Å². The SMILES string of the molecule is CCCOC1C2CC3C(=O)OC1C3O2. The van der Waals surface area contributed by atoms with Crippen LogP contribution in [0.3, 0.4) is 0 Å². The van der Waals surface area contributed by atoms with Crippen LogP contribution in [-0.2, 0) is 19.0 Å². The van der Waals surface area contributed by atoms with Crippen molar-refractivity contribution in [1.29, 1.82) is 0 Å². The summed E-state index contributed by atoms with van der Waals surface area (Å²) < 4.78 is 16.6. The summed E-state index contributed by atoms with van der Waals surface area (Å²) in [7, 11) is 0. The molecule has 4 nitrogen and oxygen atoms in total. The van der Waals surface area contributed by atoms with Gasteiger partial charge in [0.1, 0.15) is 12.2 Å². The summed E-state index contributed by atoms with van der Waals surface area (Å²) in [5.74, 6) is -0.100. The summed E-state index contributed by atoms with van der Waals surface area (Å²) in [6.45, 7) is 2.79. The van der Waals surface area contributed by atoms with E-state index in [1.54, 1.807) is 0 Å². The number of carbonyl (C=O) groups excluding carboxylic acids is 1. The number of hydrogen-bond donors (Lipinski definition) is 0. The molecule has 3 rings (SSSR count). The van der Waals surface area contributed by atoms with E-state index >= 15 is 0 Å². The minimum atomic E-state index is -0.127. The number of hydrogen-bond acceptors (Lipinski definition) is 4. The third kappa shape index (κ3) is 0.982. The summed E-state index contributed by atoms with van der Waals surface area (Å²) in [6.07, 6.45) is 1.70. The van der Waals surface area contributed by atoms with Crippen LogP contribution in [0, 0.1) is 5.92 Å². The van der Waals surface area contributed by atoms with Crippen molar-refractivity contribution in [2.24, 2.45) is 5.92 Å². The zero-order valence-corrected chi connectivity index (χ0v) is 8.14. The van der Waals surface area contributed by atoms with E-state index in [0.29, 0.717) is 0 Å². The fraction of sp³-hybridized carbons (Fsp3) is 0.900. The lowest BCUT2D eigenvalue weighted by atomic mass is 9.88. The summed E-state index contributed by atoms with van der Waals surface area (Å²) in [6, 6.07) is 0. The molecule has 3 heterocycles. The molecule has 0 spiro atoms. The second-order valence-corrected chi connectivity index (χ2v) is 4.22. The van der Waals surface area contributed by atoms with Gasteiger partial charge in [-0.3, -0.25) is 4.79 Å². The molecule has 0 aliphatic carbocycles. The molecule has 0 aromatic rings. The number of carbonyl (C=O) groups is 1. The van der Waals surface area contributed by atoms with Gasteiger partial charge in [0, 0.05) is 6.61 Å². The first-order valence-corrected chi connectivity index (χ1v) is 5.29. The molecular formula is C10H14O4. The summed E-state index contributed by atoms with van der Waals surface area (Å²) in [5.41, 5.74) is 0. The lowest BCUT2D eigenvalue weighted by Crippen LogP contribution is -2.38. The Hall–Kier alpha value is -0.610. The maximum Gasteiger partial charge on any atom is 0.312 e. The Morgan fingerprint density at radius 3 is 3.14 bits per heavy atom. The Labute approximate surface area is 82.5 Å². The number of rotatable bonds is 3. The number of fused-ring (bicyclic) bond motifs is 1. The Balaban J connectivity index is 1.75. The molecule has 2 bridgehead atoms. The van der Waals surface area contributed by atoms with Gasteiger partial charge in [-0.25, -0.2) is 0 Å². The molecule has 0 aromatic carbocycles. The van der Waals surface area contributed by atoms with Crippen LogP contribution in [0.4, 0.5) is 0 Å². The molecule has 0 amide bonds. The van der Waals surface area contributed by atoms with Crippen molar-refractivity contribution in [1.82, 2.24) is 0 Å². The largest absolute Gasteiger partial charge is 0.456 e. The maximum absolute atomic E-state index is 11.4. The van der Waals surface area contributed by atoms with Gasteiger partial charge in [0.05, 0.1) is 12.0 Å². The van der Waals surface area contributed by atoms with Gasteiger partial charge >= 0.3 is 5.97 Å². The Morgan fingerprint density at radius 2 is 2.36 bits per heavy atom. The van der Waals surface area contributed by atoms with Gasteiger partial charge in [-0.15, -0.1) is 0 Å². The van der Waals surface area contributed by atoms with Crippen molar-refractivity contribution < 1.29 is 19.0 Å². The zero-order chi connectivity index (χ0) is 9.71. The molecule has 5 atom stereocenters. The minimum absolute atomic E-state index is 0.00789. The Morgan fingerprint density at radius 1 is 1.50 bits per heavy atom. The van der Waals surface area contributed by atoms with Gasteiger partial charge < -0.3 is 14.2 Å². The van der Waals surface area contributed by atoms with Gasteiger partial charge in [-0.1, -0.05) is 6.92 Å². The van der Waals surface area contributed by atoms with E-state index in [-0.39, 0.29) is 36.3 Å². The van der Waals surface area contributed by atoms with Crippen LogP contribution >= 0.6 is 0 Å². The lowest BCUT2D eigenvalue weighted by molar-refractivity contribution is -0.146. The van der Waals surface area contributed by atoms with E-state index in [9.17, 15) is 4.79 Å². The average Bonchev–Trinajstić information content (AvgIpc) is 2.76. The Bertz CT molecular complexity index is 265. The molecule has 0 radical (unpaired) electrons. The molecule has 14 heavy (non-hydrogen) atoms. The van der Waals surface area contributed by atoms with Crippen LogP contribution in [0.5, 0.6) is 0 Å². The van der Waals surface area contributed by atoms with Crippen LogP contribution in [0.25, 0.3) is 0 Å². The molecular weight excluding hydrogens is 184 g/mol. The summed E-state index contributed by atoms with van der Waals surface area (Å²) in [5, 5.41) is 0. The fourth-order valence-corrected chi connectivity index (χ4v) is 2.70. The first kappa shape index (κ1) is 8.68. The van der Waals surface area contributed by atoms with Crippen molar-refractivity contribution in [3.63, 3.8) is 0 Å².